The normalized spacial score (nSPS) is 20.7. The highest BCUT2D eigenvalue weighted by atomic mass is 16.5. The highest BCUT2D eigenvalue weighted by Gasteiger charge is 2.38. The molecule has 1 rings (SSSR count). The van der Waals surface area contributed by atoms with Crippen LogP contribution in [0.4, 0.5) is 0 Å². The van der Waals surface area contributed by atoms with Gasteiger partial charge in [-0.3, -0.25) is 0 Å². The van der Waals surface area contributed by atoms with Gasteiger partial charge in [0.1, 0.15) is 0 Å². The van der Waals surface area contributed by atoms with E-state index in [0.29, 0.717) is 37.9 Å². The topological polar surface area (TPSA) is 58.9 Å². The summed E-state index contributed by atoms with van der Waals surface area (Å²) in [6, 6.07) is 0. The predicted molar refractivity (Wildman–Crippen MR) is 190 cm³/mol. The highest BCUT2D eigenvalue weighted by Crippen LogP contribution is 2.44. The van der Waals surface area contributed by atoms with Crippen LogP contribution in [0.5, 0.6) is 0 Å². The molecule has 0 heterocycles. The maximum Gasteiger partial charge on any atom is 0.0629 e. The minimum absolute atomic E-state index is 0.196. The van der Waals surface area contributed by atoms with Crippen LogP contribution in [0.3, 0.4) is 0 Å². The molecular weight excluding hydrogens is 532 g/mol. The minimum atomic E-state index is -0.690. The molecule has 1 saturated carbocycles. The van der Waals surface area contributed by atoms with Crippen molar-refractivity contribution in [1.29, 1.82) is 0 Å². The van der Waals surface area contributed by atoms with Gasteiger partial charge in [0.2, 0.25) is 0 Å². The first-order valence-corrected chi connectivity index (χ1v) is 18.5. The molecule has 262 valence electrons. The van der Waals surface area contributed by atoms with Gasteiger partial charge in [0.05, 0.1) is 35.6 Å². The largest absolute Gasteiger partial charge is 0.390 e. The van der Waals surface area contributed by atoms with Gasteiger partial charge < -0.3 is 19.7 Å². The Hall–Kier alpha value is -0.160. The van der Waals surface area contributed by atoms with E-state index in [1.807, 2.05) is 55.4 Å². The molecule has 0 amide bonds. The van der Waals surface area contributed by atoms with Gasteiger partial charge in [0.15, 0.2) is 0 Å². The molecular formula is C39H82O4. The molecule has 1 aliphatic rings. The summed E-state index contributed by atoms with van der Waals surface area (Å²) in [6.07, 6.45) is 15.6. The summed E-state index contributed by atoms with van der Waals surface area (Å²) in [4.78, 5) is 0. The number of hydrogen-bond donors (Lipinski definition) is 2. The molecule has 0 aromatic carbocycles. The van der Waals surface area contributed by atoms with Gasteiger partial charge in [-0.2, -0.15) is 0 Å². The zero-order chi connectivity index (χ0) is 33.9. The Labute approximate surface area is 271 Å². The summed E-state index contributed by atoms with van der Waals surface area (Å²) < 4.78 is 12.7. The Morgan fingerprint density at radius 3 is 1.51 bits per heavy atom. The summed E-state index contributed by atoms with van der Waals surface area (Å²) >= 11 is 0. The quantitative estimate of drug-likeness (QED) is 0.143. The van der Waals surface area contributed by atoms with Gasteiger partial charge in [-0.1, -0.05) is 93.4 Å². The molecule has 0 bridgehead atoms. The second-order valence-corrected chi connectivity index (χ2v) is 16.3. The minimum Gasteiger partial charge on any atom is -0.390 e. The van der Waals surface area contributed by atoms with Gasteiger partial charge in [-0.25, -0.2) is 0 Å². The standard InChI is InChI=1S/C35H70O4.2C2H6/c1-27(2)14-12-15-28(3)16-13-17-29-18-19-30(25-34(8,9)38-22-20-32(4,5)36)31(24-29)26-35(10,11)39-23-21-33(6,7)37;2*1-2/h27-31,36-37H,12-26H2,1-11H3;2*1-2H3. The Morgan fingerprint density at radius 2 is 1.07 bits per heavy atom. The van der Waals surface area contributed by atoms with Crippen molar-refractivity contribution in [3.8, 4) is 0 Å². The summed E-state index contributed by atoms with van der Waals surface area (Å²) in [7, 11) is 0. The maximum absolute atomic E-state index is 10.1. The van der Waals surface area contributed by atoms with E-state index in [0.717, 1.165) is 30.6 Å². The van der Waals surface area contributed by atoms with E-state index < -0.39 is 11.2 Å². The van der Waals surface area contributed by atoms with Gasteiger partial charge >= 0.3 is 0 Å². The van der Waals surface area contributed by atoms with E-state index in [1.54, 1.807) is 0 Å². The molecule has 43 heavy (non-hydrogen) atoms. The number of hydrogen-bond acceptors (Lipinski definition) is 4. The zero-order valence-corrected chi connectivity index (χ0v) is 32.2. The molecule has 0 aromatic heterocycles. The Kier molecular flexibility index (Phi) is 23.4. The first kappa shape index (κ1) is 45.0. The monoisotopic (exact) mass is 615 g/mol. The van der Waals surface area contributed by atoms with Crippen LogP contribution in [0.15, 0.2) is 0 Å². The molecule has 0 saturated heterocycles. The van der Waals surface area contributed by atoms with Crippen LogP contribution in [0.25, 0.3) is 0 Å². The van der Waals surface area contributed by atoms with E-state index in [4.69, 9.17) is 9.47 Å². The summed E-state index contributed by atoms with van der Waals surface area (Å²) in [5.74, 6) is 3.75. The van der Waals surface area contributed by atoms with E-state index in [1.165, 1.54) is 57.8 Å². The second-order valence-electron chi connectivity index (χ2n) is 16.3. The smallest absolute Gasteiger partial charge is 0.0629 e. The number of aliphatic hydroxyl groups is 2. The van der Waals surface area contributed by atoms with Crippen LogP contribution in [-0.2, 0) is 9.47 Å². The van der Waals surface area contributed by atoms with E-state index in [2.05, 4.69) is 48.5 Å². The molecule has 4 atom stereocenters. The van der Waals surface area contributed by atoms with Crippen LogP contribution in [0, 0.1) is 29.6 Å². The number of rotatable bonds is 20. The third-order valence-electron chi connectivity index (χ3n) is 8.96. The predicted octanol–water partition coefficient (Wildman–Crippen LogP) is 11.4. The van der Waals surface area contributed by atoms with Crippen LogP contribution in [-0.4, -0.2) is 45.8 Å². The van der Waals surface area contributed by atoms with Crippen molar-refractivity contribution in [2.24, 2.45) is 29.6 Å². The van der Waals surface area contributed by atoms with Crippen molar-refractivity contribution >= 4 is 0 Å². The van der Waals surface area contributed by atoms with Crippen LogP contribution < -0.4 is 0 Å². The Bertz CT molecular complexity index is 641. The van der Waals surface area contributed by atoms with Crippen LogP contribution in [0.2, 0.25) is 0 Å². The molecule has 0 radical (unpaired) electrons. The molecule has 0 aromatic rings. The van der Waals surface area contributed by atoms with Crippen molar-refractivity contribution < 1.29 is 19.7 Å². The van der Waals surface area contributed by atoms with Crippen molar-refractivity contribution in [2.45, 2.75) is 210 Å². The average Bonchev–Trinajstić information content (AvgIpc) is 2.85. The third-order valence-corrected chi connectivity index (χ3v) is 8.96. The van der Waals surface area contributed by atoms with Crippen molar-refractivity contribution in [3.05, 3.63) is 0 Å². The summed E-state index contributed by atoms with van der Waals surface area (Å²) in [5.41, 5.74) is -1.77. The van der Waals surface area contributed by atoms with Crippen LogP contribution >= 0.6 is 0 Å². The SMILES string of the molecule is CC.CC.CC(C)CCCC(C)CCCC1CCC(CC(C)(C)OCCC(C)(C)O)C(CC(C)(C)OCCC(C)(C)O)C1. The van der Waals surface area contributed by atoms with Crippen LogP contribution in [0.1, 0.15) is 187 Å². The fraction of sp³-hybridized carbons (Fsp3) is 1.00. The lowest BCUT2D eigenvalue weighted by Crippen LogP contribution is -2.39. The first-order valence-electron chi connectivity index (χ1n) is 18.5. The molecule has 4 heteroatoms. The second kappa shape index (κ2) is 22.4. The zero-order valence-electron chi connectivity index (χ0n) is 32.2. The fourth-order valence-corrected chi connectivity index (χ4v) is 6.51. The third kappa shape index (κ3) is 25.7. The molecule has 4 nitrogen and oxygen atoms in total. The molecule has 2 N–H and O–H groups in total. The molecule has 4 unspecified atom stereocenters. The molecule has 1 fully saturated rings. The van der Waals surface area contributed by atoms with Crippen molar-refractivity contribution in [1.82, 2.24) is 0 Å². The molecule has 1 aliphatic carbocycles. The maximum atomic E-state index is 10.1. The van der Waals surface area contributed by atoms with Crippen molar-refractivity contribution in [3.63, 3.8) is 0 Å². The molecule has 0 aliphatic heterocycles. The van der Waals surface area contributed by atoms with Crippen molar-refractivity contribution in [2.75, 3.05) is 13.2 Å². The lowest BCUT2D eigenvalue weighted by Gasteiger charge is -2.43. The lowest BCUT2D eigenvalue weighted by atomic mass is 9.66. The van der Waals surface area contributed by atoms with E-state index >= 15 is 0 Å². The summed E-state index contributed by atoms with van der Waals surface area (Å²) in [5, 5.41) is 20.3. The Balaban J connectivity index is 0. The molecule has 0 spiro atoms. The highest BCUT2D eigenvalue weighted by molar-refractivity contribution is 4.89. The van der Waals surface area contributed by atoms with Gasteiger partial charge in [0.25, 0.3) is 0 Å². The van der Waals surface area contributed by atoms with Gasteiger partial charge in [-0.15, -0.1) is 0 Å². The van der Waals surface area contributed by atoms with Gasteiger partial charge in [0, 0.05) is 0 Å². The fourth-order valence-electron chi connectivity index (χ4n) is 6.51. The first-order chi connectivity index (χ1) is 19.8. The number of ether oxygens (including phenoxy) is 2. The average molecular weight is 615 g/mol. The Morgan fingerprint density at radius 1 is 0.628 bits per heavy atom. The van der Waals surface area contributed by atoms with Gasteiger partial charge in [-0.05, 0) is 124 Å². The van der Waals surface area contributed by atoms with E-state index in [9.17, 15) is 10.2 Å². The lowest BCUT2D eigenvalue weighted by molar-refractivity contribution is -0.0849. The van der Waals surface area contributed by atoms with E-state index in [-0.39, 0.29) is 11.2 Å². The summed E-state index contributed by atoms with van der Waals surface area (Å²) in [6.45, 7) is 32.7.